The second-order valence-electron chi connectivity index (χ2n) is 4.74. The van der Waals surface area contributed by atoms with Gasteiger partial charge in [-0.1, -0.05) is 38.1 Å². The average Bonchev–Trinajstić information content (AvgIpc) is 2.55. The number of methoxy groups -OCH3 is 1. The summed E-state index contributed by atoms with van der Waals surface area (Å²) in [5.41, 5.74) is 2.72. The fraction of sp³-hybridized carbons (Fsp3) is 0.278. The number of carbonyl (C=O) groups excluding carboxylic acids is 1. The molecule has 0 radical (unpaired) electrons. The first-order chi connectivity index (χ1) is 10.2. The van der Waals surface area contributed by atoms with Crippen molar-refractivity contribution in [3.8, 4) is 11.5 Å². The standard InChI is InChI=1S/C18H20O3/c1-4-13-10-11-16(17(12-13)20-3)21-18(19)15-9-7-6-8-14(15)5-2/h6-12H,4-5H2,1-3H3. The van der Waals surface area contributed by atoms with E-state index in [9.17, 15) is 4.79 Å². The van der Waals surface area contributed by atoms with Gasteiger partial charge in [-0.15, -0.1) is 0 Å². The van der Waals surface area contributed by atoms with Gasteiger partial charge in [0.2, 0.25) is 0 Å². The largest absolute Gasteiger partial charge is 0.493 e. The van der Waals surface area contributed by atoms with Crippen LogP contribution in [0.1, 0.15) is 35.3 Å². The molecule has 0 aliphatic heterocycles. The number of rotatable bonds is 5. The Kier molecular flexibility index (Phi) is 4.99. The summed E-state index contributed by atoms with van der Waals surface area (Å²) in [6.45, 7) is 4.08. The van der Waals surface area contributed by atoms with Crippen molar-refractivity contribution in [2.24, 2.45) is 0 Å². The molecule has 0 N–H and O–H groups in total. The summed E-state index contributed by atoms with van der Waals surface area (Å²) in [6.07, 6.45) is 1.69. The van der Waals surface area contributed by atoms with Gasteiger partial charge in [0.15, 0.2) is 11.5 Å². The summed E-state index contributed by atoms with van der Waals surface area (Å²) in [5, 5.41) is 0. The third-order valence-corrected chi connectivity index (χ3v) is 3.46. The molecule has 2 rings (SSSR count). The first-order valence-corrected chi connectivity index (χ1v) is 7.16. The SMILES string of the molecule is CCc1ccc(OC(=O)c2ccccc2CC)c(OC)c1. The van der Waals surface area contributed by atoms with Gasteiger partial charge in [-0.2, -0.15) is 0 Å². The highest BCUT2D eigenvalue weighted by atomic mass is 16.6. The van der Waals surface area contributed by atoms with E-state index in [2.05, 4.69) is 6.92 Å². The van der Waals surface area contributed by atoms with Crippen molar-refractivity contribution in [3.05, 3.63) is 59.2 Å². The van der Waals surface area contributed by atoms with E-state index in [1.807, 2.05) is 37.3 Å². The van der Waals surface area contributed by atoms with Crippen molar-refractivity contribution in [1.82, 2.24) is 0 Å². The molecule has 0 fully saturated rings. The van der Waals surface area contributed by atoms with Gasteiger partial charge in [0.1, 0.15) is 0 Å². The van der Waals surface area contributed by atoms with Gasteiger partial charge in [-0.25, -0.2) is 4.79 Å². The molecule has 0 aliphatic rings. The zero-order chi connectivity index (χ0) is 15.2. The molecule has 0 aliphatic carbocycles. The lowest BCUT2D eigenvalue weighted by atomic mass is 10.1. The molecule has 0 atom stereocenters. The summed E-state index contributed by atoms with van der Waals surface area (Å²) in [4.78, 5) is 12.3. The smallest absolute Gasteiger partial charge is 0.343 e. The number of carbonyl (C=O) groups is 1. The molecule has 2 aromatic carbocycles. The molecule has 0 heterocycles. The van der Waals surface area contributed by atoms with Crippen LogP contribution in [0.5, 0.6) is 11.5 Å². The minimum atomic E-state index is -0.352. The van der Waals surface area contributed by atoms with Gasteiger partial charge in [0.05, 0.1) is 12.7 Å². The fourth-order valence-electron chi connectivity index (χ4n) is 2.20. The van der Waals surface area contributed by atoms with Crippen LogP contribution < -0.4 is 9.47 Å². The number of ether oxygens (including phenoxy) is 2. The van der Waals surface area contributed by atoms with E-state index in [0.29, 0.717) is 17.1 Å². The monoisotopic (exact) mass is 284 g/mol. The normalized spacial score (nSPS) is 10.2. The fourth-order valence-corrected chi connectivity index (χ4v) is 2.20. The van der Waals surface area contributed by atoms with Crippen LogP contribution in [0.25, 0.3) is 0 Å². The van der Waals surface area contributed by atoms with Crippen LogP contribution in [-0.4, -0.2) is 13.1 Å². The second-order valence-corrected chi connectivity index (χ2v) is 4.74. The van der Waals surface area contributed by atoms with Crippen LogP contribution in [0, 0.1) is 0 Å². The lowest BCUT2D eigenvalue weighted by molar-refractivity contribution is 0.0728. The van der Waals surface area contributed by atoms with Gasteiger partial charge in [0.25, 0.3) is 0 Å². The second kappa shape index (κ2) is 6.93. The summed E-state index contributed by atoms with van der Waals surface area (Å²) in [7, 11) is 1.58. The predicted molar refractivity (Wildman–Crippen MR) is 83.2 cm³/mol. The van der Waals surface area contributed by atoms with Crippen molar-refractivity contribution in [2.75, 3.05) is 7.11 Å². The Bertz CT molecular complexity index is 632. The summed E-state index contributed by atoms with van der Waals surface area (Å²) in [6, 6.07) is 13.1. The highest BCUT2D eigenvalue weighted by Gasteiger charge is 2.15. The van der Waals surface area contributed by atoms with E-state index in [0.717, 1.165) is 24.0 Å². The molecule has 3 heteroatoms. The molecule has 3 nitrogen and oxygen atoms in total. The molecular weight excluding hydrogens is 264 g/mol. The van der Waals surface area contributed by atoms with Crippen molar-refractivity contribution in [2.45, 2.75) is 26.7 Å². The highest BCUT2D eigenvalue weighted by Crippen LogP contribution is 2.29. The first-order valence-electron chi connectivity index (χ1n) is 7.16. The maximum Gasteiger partial charge on any atom is 0.343 e. The van der Waals surface area contributed by atoms with E-state index in [1.165, 1.54) is 0 Å². The number of benzene rings is 2. The summed E-state index contributed by atoms with van der Waals surface area (Å²) >= 11 is 0. The number of aryl methyl sites for hydroxylation is 2. The molecule has 2 aromatic rings. The first kappa shape index (κ1) is 15.1. The lowest BCUT2D eigenvalue weighted by Gasteiger charge is -2.12. The molecule has 0 saturated heterocycles. The molecule has 0 spiro atoms. The van der Waals surface area contributed by atoms with E-state index < -0.39 is 0 Å². The Balaban J connectivity index is 2.27. The molecule has 110 valence electrons. The zero-order valence-corrected chi connectivity index (χ0v) is 12.7. The molecule has 0 unspecified atom stereocenters. The van der Waals surface area contributed by atoms with Crippen LogP contribution in [0.3, 0.4) is 0 Å². The van der Waals surface area contributed by atoms with E-state index in [1.54, 1.807) is 19.2 Å². The van der Waals surface area contributed by atoms with Crippen LogP contribution in [0.15, 0.2) is 42.5 Å². The molecule has 0 aromatic heterocycles. The predicted octanol–water partition coefficient (Wildman–Crippen LogP) is 4.04. The molecule has 0 amide bonds. The number of hydrogen-bond acceptors (Lipinski definition) is 3. The Labute approximate surface area is 125 Å². The van der Waals surface area contributed by atoms with Crippen molar-refractivity contribution < 1.29 is 14.3 Å². The van der Waals surface area contributed by atoms with Crippen LogP contribution >= 0.6 is 0 Å². The molecular formula is C18H20O3. The van der Waals surface area contributed by atoms with Gasteiger partial charge in [0, 0.05) is 0 Å². The van der Waals surface area contributed by atoms with Gasteiger partial charge < -0.3 is 9.47 Å². The molecule has 0 bridgehead atoms. The maximum atomic E-state index is 12.3. The lowest BCUT2D eigenvalue weighted by Crippen LogP contribution is -2.11. The van der Waals surface area contributed by atoms with Crippen molar-refractivity contribution >= 4 is 5.97 Å². The van der Waals surface area contributed by atoms with Gasteiger partial charge >= 0.3 is 5.97 Å². The Morgan fingerprint density at radius 1 is 1.00 bits per heavy atom. The maximum absolute atomic E-state index is 12.3. The quantitative estimate of drug-likeness (QED) is 0.614. The van der Waals surface area contributed by atoms with E-state index in [-0.39, 0.29) is 5.97 Å². The minimum Gasteiger partial charge on any atom is -0.493 e. The van der Waals surface area contributed by atoms with Gasteiger partial charge in [-0.3, -0.25) is 0 Å². The van der Waals surface area contributed by atoms with Crippen molar-refractivity contribution in [1.29, 1.82) is 0 Å². The molecule has 21 heavy (non-hydrogen) atoms. The molecule has 0 saturated carbocycles. The van der Waals surface area contributed by atoms with E-state index >= 15 is 0 Å². The topological polar surface area (TPSA) is 35.5 Å². The minimum absolute atomic E-state index is 0.352. The summed E-state index contributed by atoms with van der Waals surface area (Å²) in [5.74, 6) is 0.678. The highest BCUT2D eigenvalue weighted by molar-refractivity contribution is 5.93. The van der Waals surface area contributed by atoms with Crippen molar-refractivity contribution in [3.63, 3.8) is 0 Å². The zero-order valence-electron chi connectivity index (χ0n) is 12.7. The number of esters is 1. The Hall–Kier alpha value is -2.29. The third kappa shape index (κ3) is 3.43. The third-order valence-electron chi connectivity index (χ3n) is 3.46. The number of hydrogen-bond donors (Lipinski definition) is 0. The average molecular weight is 284 g/mol. The Morgan fingerprint density at radius 3 is 2.43 bits per heavy atom. The summed E-state index contributed by atoms with van der Waals surface area (Å²) < 4.78 is 10.8. The van der Waals surface area contributed by atoms with Crippen LogP contribution in [0.4, 0.5) is 0 Å². The van der Waals surface area contributed by atoms with Crippen LogP contribution in [0.2, 0.25) is 0 Å². The Morgan fingerprint density at radius 2 is 1.76 bits per heavy atom. The van der Waals surface area contributed by atoms with Crippen LogP contribution in [-0.2, 0) is 12.8 Å². The van der Waals surface area contributed by atoms with E-state index in [4.69, 9.17) is 9.47 Å². The van der Waals surface area contributed by atoms with Gasteiger partial charge in [-0.05, 0) is 42.2 Å².